The summed E-state index contributed by atoms with van der Waals surface area (Å²) in [4.78, 5) is 26.3. The van der Waals surface area contributed by atoms with Crippen molar-refractivity contribution in [2.24, 2.45) is 0 Å². The Kier molecular flexibility index (Phi) is 6.41. The molecule has 0 bridgehead atoms. The lowest BCUT2D eigenvalue weighted by atomic mass is 10.1. The van der Waals surface area contributed by atoms with Gasteiger partial charge in [-0.3, -0.25) is 9.69 Å². The highest BCUT2D eigenvalue weighted by atomic mass is 16.7. The zero-order chi connectivity index (χ0) is 21.8. The molecular formula is C24H31N5O3. The van der Waals surface area contributed by atoms with Crippen LogP contribution in [0.4, 0.5) is 5.82 Å². The van der Waals surface area contributed by atoms with E-state index in [1.165, 1.54) is 5.56 Å². The Labute approximate surface area is 189 Å². The molecule has 0 unspecified atom stereocenters. The minimum Gasteiger partial charge on any atom is -0.454 e. The van der Waals surface area contributed by atoms with E-state index < -0.39 is 0 Å². The van der Waals surface area contributed by atoms with Gasteiger partial charge >= 0.3 is 0 Å². The number of hydrogen-bond donors (Lipinski definition) is 0. The molecule has 0 N–H and O–H groups in total. The summed E-state index contributed by atoms with van der Waals surface area (Å²) in [5, 5.41) is 0. The van der Waals surface area contributed by atoms with Gasteiger partial charge in [-0.15, -0.1) is 0 Å². The predicted octanol–water partition coefficient (Wildman–Crippen LogP) is 1.67. The first-order chi connectivity index (χ1) is 15.7. The van der Waals surface area contributed by atoms with Gasteiger partial charge in [0.15, 0.2) is 11.5 Å². The summed E-state index contributed by atoms with van der Waals surface area (Å²) in [7, 11) is 0. The van der Waals surface area contributed by atoms with Gasteiger partial charge in [-0.05, 0) is 29.8 Å². The van der Waals surface area contributed by atoms with Gasteiger partial charge in [0.25, 0.3) is 0 Å². The summed E-state index contributed by atoms with van der Waals surface area (Å²) < 4.78 is 10.9. The number of ether oxygens (including phenoxy) is 2. The topological polar surface area (TPSA) is 61.4 Å². The maximum Gasteiger partial charge on any atom is 0.231 e. The third-order valence-electron chi connectivity index (χ3n) is 6.56. The molecule has 0 radical (unpaired) electrons. The number of amides is 1. The molecule has 2 fully saturated rings. The number of hydrogen-bond acceptors (Lipinski definition) is 7. The van der Waals surface area contributed by atoms with Crippen LogP contribution < -0.4 is 14.4 Å². The average molecular weight is 438 g/mol. The fourth-order valence-electron chi connectivity index (χ4n) is 4.61. The average Bonchev–Trinajstić information content (AvgIpc) is 3.32. The number of aromatic nitrogens is 1. The monoisotopic (exact) mass is 437 g/mol. The van der Waals surface area contributed by atoms with Crippen molar-refractivity contribution in [3.63, 3.8) is 0 Å². The van der Waals surface area contributed by atoms with E-state index in [9.17, 15) is 4.79 Å². The Morgan fingerprint density at radius 3 is 2.44 bits per heavy atom. The van der Waals surface area contributed by atoms with Gasteiger partial charge in [0, 0.05) is 78.1 Å². The smallest absolute Gasteiger partial charge is 0.231 e. The number of carbonyl (C=O) groups excluding carboxylic acids is 1. The summed E-state index contributed by atoms with van der Waals surface area (Å²) >= 11 is 0. The van der Waals surface area contributed by atoms with Crippen molar-refractivity contribution in [2.75, 3.05) is 70.6 Å². The van der Waals surface area contributed by atoms with E-state index in [1.807, 2.05) is 35.4 Å². The molecule has 0 aliphatic carbocycles. The number of rotatable bonds is 6. The van der Waals surface area contributed by atoms with Crippen LogP contribution in [0, 0.1) is 0 Å². The third-order valence-corrected chi connectivity index (χ3v) is 6.56. The molecule has 0 spiro atoms. The van der Waals surface area contributed by atoms with Crippen LogP contribution in [0.2, 0.25) is 0 Å². The third kappa shape index (κ3) is 4.97. The number of piperazine rings is 2. The van der Waals surface area contributed by atoms with Crippen LogP contribution in [0.5, 0.6) is 11.5 Å². The SMILES string of the molecule is O=C(CCN1CCN(Cc2ccc3c(c2)OCO3)CC1)N1CCN(c2ccccn2)CC1. The second-order valence-electron chi connectivity index (χ2n) is 8.61. The van der Waals surface area contributed by atoms with Crippen LogP contribution in [0.15, 0.2) is 42.6 Å². The van der Waals surface area contributed by atoms with E-state index in [4.69, 9.17) is 9.47 Å². The molecule has 4 heterocycles. The minimum atomic E-state index is 0.272. The van der Waals surface area contributed by atoms with Gasteiger partial charge in [-0.25, -0.2) is 4.98 Å². The molecule has 3 aliphatic heterocycles. The molecule has 8 heteroatoms. The zero-order valence-electron chi connectivity index (χ0n) is 18.5. The highest BCUT2D eigenvalue weighted by molar-refractivity contribution is 5.76. The molecule has 8 nitrogen and oxygen atoms in total. The number of benzene rings is 1. The minimum absolute atomic E-state index is 0.272. The first kappa shape index (κ1) is 21.0. The molecule has 32 heavy (non-hydrogen) atoms. The van der Waals surface area contributed by atoms with Crippen molar-refractivity contribution in [3.05, 3.63) is 48.2 Å². The number of anilines is 1. The van der Waals surface area contributed by atoms with Crippen LogP contribution in [0.1, 0.15) is 12.0 Å². The fourth-order valence-corrected chi connectivity index (χ4v) is 4.61. The van der Waals surface area contributed by atoms with Crippen molar-refractivity contribution in [1.82, 2.24) is 19.7 Å². The Morgan fingerprint density at radius 2 is 1.66 bits per heavy atom. The fraction of sp³-hybridized carbons (Fsp3) is 0.500. The van der Waals surface area contributed by atoms with E-state index >= 15 is 0 Å². The molecule has 170 valence electrons. The quantitative estimate of drug-likeness (QED) is 0.681. The van der Waals surface area contributed by atoms with Crippen molar-refractivity contribution < 1.29 is 14.3 Å². The summed E-state index contributed by atoms with van der Waals surface area (Å²) in [5.74, 6) is 2.95. The van der Waals surface area contributed by atoms with Gasteiger partial charge in [0.2, 0.25) is 12.7 Å². The van der Waals surface area contributed by atoms with Gasteiger partial charge in [-0.1, -0.05) is 12.1 Å². The van der Waals surface area contributed by atoms with E-state index in [2.05, 4.69) is 31.8 Å². The first-order valence-electron chi connectivity index (χ1n) is 11.5. The molecular weight excluding hydrogens is 406 g/mol. The van der Waals surface area contributed by atoms with Gasteiger partial charge < -0.3 is 24.2 Å². The van der Waals surface area contributed by atoms with Crippen LogP contribution in [-0.4, -0.2) is 91.3 Å². The molecule has 1 amide bonds. The van der Waals surface area contributed by atoms with Crippen molar-refractivity contribution in [1.29, 1.82) is 0 Å². The molecule has 1 aromatic heterocycles. The first-order valence-corrected chi connectivity index (χ1v) is 11.5. The molecule has 3 aliphatic rings. The predicted molar refractivity (Wildman–Crippen MR) is 122 cm³/mol. The van der Waals surface area contributed by atoms with Gasteiger partial charge in [-0.2, -0.15) is 0 Å². The normalized spacial score (nSPS) is 19.4. The summed E-state index contributed by atoms with van der Waals surface area (Å²) in [6.45, 7) is 9.38. The number of carbonyl (C=O) groups is 1. The van der Waals surface area contributed by atoms with E-state index in [0.29, 0.717) is 13.2 Å². The Morgan fingerprint density at radius 1 is 0.875 bits per heavy atom. The Bertz CT molecular complexity index is 909. The number of nitrogens with zero attached hydrogens (tertiary/aromatic N) is 5. The lowest BCUT2D eigenvalue weighted by Crippen LogP contribution is -2.50. The Balaban J connectivity index is 1.01. The Hall–Kier alpha value is -2.84. The molecule has 2 saturated heterocycles. The second-order valence-corrected chi connectivity index (χ2v) is 8.61. The van der Waals surface area contributed by atoms with E-state index in [0.717, 1.165) is 82.8 Å². The summed E-state index contributed by atoms with van der Waals surface area (Å²) in [6, 6.07) is 12.2. The van der Waals surface area contributed by atoms with Gasteiger partial charge in [0.1, 0.15) is 5.82 Å². The largest absolute Gasteiger partial charge is 0.454 e. The lowest BCUT2D eigenvalue weighted by molar-refractivity contribution is -0.131. The van der Waals surface area contributed by atoms with Crippen LogP contribution in [0.3, 0.4) is 0 Å². The summed E-state index contributed by atoms with van der Waals surface area (Å²) in [6.07, 6.45) is 2.42. The molecule has 0 saturated carbocycles. The van der Waals surface area contributed by atoms with Gasteiger partial charge in [0.05, 0.1) is 0 Å². The van der Waals surface area contributed by atoms with Crippen LogP contribution in [-0.2, 0) is 11.3 Å². The van der Waals surface area contributed by atoms with Crippen LogP contribution in [0.25, 0.3) is 0 Å². The van der Waals surface area contributed by atoms with E-state index in [-0.39, 0.29) is 5.91 Å². The second kappa shape index (κ2) is 9.75. The molecule has 2 aromatic rings. The standard InChI is InChI=1S/C24H31N5O3/c30-24(29-15-13-28(14-16-29)23-3-1-2-7-25-23)6-8-26-9-11-27(12-10-26)18-20-4-5-21-22(17-20)32-19-31-21/h1-5,7,17H,6,8-16,18-19H2. The molecule has 0 atom stereocenters. The lowest BCUT2D eigenvalue weighted by Gasteiger charge is -2.37. The maximum atomic E-state index is 12.7. The van der Waals surface area contributed by atoms with Crippen molar-refractivity contribution in [2.45, 2.75) is 13.0 Å². The molecule has 1 aromatic carbocycles. The van der Waals surface area contributed by atoms with Crippen LogP contribution >= 0.6 is 0 Å². The number of fused-ring (bicyclic) bond motifs is 1. The van der Waals surface area contributed by atoms with E-state index in [1.54, 1.807) is 0 Å². The maximum absolute atomic E-state index is 12.7. The summed E-state index contributed by atoms with van der Waals surface area (Å²) in [5.41, 5.74) is 1.25. The van der Waals surface area contributed by atoms with Crippen molar-refractivity contribution in [3.8, 4) is 11.5 Å². The number of pyridine rings is 1. The highest BCUT2D eigenvalue weighted by Gasteiger charge is 2.23. The highest BCUT2D eigenvalue weighted by Crippen LogP contribution is 2.32. The molecule has 5 rings (SSSR count). The zero-order valence-corrected chi connectivity index (χ0v) is 18.5. The van der Waals surface area contributed by atoms with Crippen molar-refractivity contribution >= 4 is 11.7 Å².